The Bertz CT molecular complexity index is 93.1. The van der Waals surface area contributed by atoms with Gasteiger partial charge in [0.15, 0.2) is 0 Å². The number of nitrogens with one attached hydrogen (secondary N) is 1. The monoisotopic (exact) mass is 143 g/mol. The summed E-state index contributed by atoms with van der Waals surface area (Å²) in [5.41, 5.74) is 0. The highest BCUT2D eigenvalue weighted by atomic mass is 32.2. The Morgan fingerprint density at radius 3 is 3.11 bits per heavy atom. The fourth-order valence-electron chi connectivity index (χ4n) is 1.56. The third kappa shape index (κ3) is 1.10. The summed E-state index contributed by atoms with van der Waals surface area (Å²) in [4.78, 5) is 0. The summed E-state index contributed by atoms with van der Waals surface area (Å²) in [5.74, 6) is 2.36. The smallest absolute Gasteiger partial charge is 0.00880 e. The average molecular weight is 143 g/mol. The van der Waals surface area contributed by atoms with Gasteiger partial charge in [0, 0.05) is 17.5 Å². The molecule has 2 heteroatoms. The van der Waals surface area contributed by atoms with Gasteiger partial charge in [-0.25, -0.2) is 0 Å². The van der Waals surface area contributed by atoms with E-state index >= 15 is 0 Å². The van der Waals surface area contributed by atoms with Crippen molar-refractivity contribution in [2.75, 3.05) is 18.8 Å². The Morgan fingerprint density at radius 2 is 2.33 bits per heavy atom. The first-order chi connectivity index (χ1) is 4.47. The zero-order chi connectivity index (χ0) is 6.10. The van der Waals surface area contributed by atoms with Crippen molar-refractivity contribution in [2.45, 2.75) is 18.1 Å². The van der Waals surface area contributed by atoms with Crippen LogP contribution in [0.5, 0.6) is 0 Å². The molecule has 0 aromatic heterocycles. The fourth-order valence-corrected chi connectivity index (χ4v) is 2.93. The van der Waals surface area contributed by atoms with E-state index in [2.05, 4.69) is 17.1 Å². The molecule has 2 atom stereocenters. The van der Waals surface area contributed by atoms with Gasteiger partial charge in [-0.05, 0) is 25.3 Å². The van der Waals surface area contributed by atoms with E-state index in [1.165, 1.54) is 31.7 Å². The average Bonchev–Trinajstić information content (AvgIpc) is 1.94. The molecule has 9 heavy (non-hydrogen) atoms. The molecule has 1 nitrogen and oxygen atoms in total. The summed E-state index contributed by atoms with van der Waals surface area (Å²) < 4.78 is 0. The van der Waals surface area contributed by atoms with E-state index < -0.39 is 0 Å². The van der Waals surface area contributed by atoms with Gasteiger partial charge >= 0.3 is 0 Å². The molecular formula is C7H13NS. The highest BCUT2D eigenvalue weighted by Crippen LogP contribution is 2.37. The van der Waals surface area contributed by atoms with Crippen molar-refractivity contribution in [3.05, 3.63) is 0 Å². The fraction of sp³-hybridized carbons (Fsp3) is 1.00. The lowest BCUT2D eigenvalue weighted by atomic mass is 9.85. The maximum absolute atomic E-state index is 3.46. The van der Waals surface area contributed by atoms with Gasteiger partial charge in [-0.2, -0.15) is 11.8 Å². The van der Waals surface area contributed by atoms with Crippen molar-refractivity contribution in [3.63, 3.8) is 0 Å². The van der Waals surface area contributed by atoms with Gasteiger partial charge in [-0.3, -0.25) is 0 Å². The van der Waals surface area contributed by atoms with Crippen LogP contribution in [0.15, 0.2) is 0 Å². The molecule has 1 aliphatic carbocycles. The standard InChI is InChI=1S/C7H13NS/c1-2-7-6(1)5-8-3-4-9-7/h6-8H,1-5H2. The molecule has 1 saturated heterocycles. The Kier molecular flexibility index (Phi) is 1.68. The van der Waals surface area contributed by atoms with E-state index in [4.69, 9.17) is 0 Å². The zero-order valence-electron chi connectivity index (χ0n) is 5.60. The largest absolute Gasteiger partial charge is 0.316 e. The van der Waals surface area contributed by atoms with Gasteiger partial charge in [0.1, 0.15) is 0 Å². The van der Waals surface area contributed by atoms with Crippen LogP contribution in [-0.2, 0) is 0 Å². The van der Waals surface area contributed by atoms with Crippen LogP contribution < -0.4 is 5.32 Å². The van der Waals surface area contributed by atoms with Crippen LogP contribution in [0, 0.1) is 5.92 Å². The third-order valence-corrected chi connectivity index (χ3v) is 3.85. The van der Waals surface area contributed by atoms with E-state index in [1.54, 1.807) is 0 Å². The minimum atomic E-state index is 1.03. The summed E-state index contributed by atoms with van der Waals surface area (Å²) in [7, 11) is 0. The highest BCUT2D eigenvalue weighted by molar-refractivity contribution is 8.00. The zero-order valence-corrected chi connectivity index (χ0v) is 6.41. The van der Waals surface area contributed by atoms with Crippen LogP contribution in [-0.4, -0.2) is 24.1 Å². The van der Waals surface area contributed by atoms with E-state index in [9.17, 15) is 0 Å². The second-order valence-electron chi connectivity index (χ2n) is 2.95. The van der Waals surface area contributed by atoms with Crippen LogP contribution in [0.3, 0.4) is 0 Å². The molecule has 52 valence electrons. The number of hydrogen-bond donors (Lipinski definition) is 1. The first-order valence-corrected chi connectivity index (χ1v) is 4.84. The van der Waals surface area contributed by atoms with Crippen LogP contribution in [0.4, 0.5) is 0 Å². The van der Waals surface area contributed by atoms with Gasteiger partial charge in [0.2, 0.25) is 0 Å². The van der Waals surface area contributed by atoms with Crippen LogP contribution >= 0.6 is 11.8 Å². The molecule has 0 aromatic rings. The molecule has 1 aliphatic heterocycles. The van der Waals surface area contributed by atoms with Crippen molar-refractivity contribution >= 4 is 11.8 Å². The molecule has 2 aliphatic rings. The maximum Gasteiger partial charge on any atom is 0.00880 e. The normalized spacial score (nSPS) is 42.7. The van der Waals surface area contributed by atoms with Crippen LogP contribution in [0.1, 0.15) is 12.8 Å². The van der Waals surface area contributed by atoms with Crippen LogP contribution in [0.25, 0.3) is 0 Å². The molecule has 0 aromatic carbocycles. The Morgan fingerprint density at radius 1 is 1.33 bits per heavy atom. The van der Waals surface area contributed by atoms with Crippen molar-refractivity contribution in [2.24, 2.45) is 5.92 Å². The predicted octanol–water partition coefficient (Wildman–Crippen LogP) is 1.10. The second-order valence-corrected chi connectivity index (χ2v) is 4.30. The van der Waals surface area contributed by atoms with E-state index in [0.717, 1.165) is 11.2 Å². The van der Waals surface area contributed by atoms with Gasteiger partial charge in [0.25, 0.3) is 0 Å². The quantitative estimate of drug-likeness (QED) is 0.545. The molecule has 2 rings (SSSR count). The molecular weight excluding hydrogens is 130 g/mol. The Balaban J connectivity index is 1.90. The number of rotatable bonds is 0. The third-order valence-electron chi connectivity index (χ3n) is 2.37. The molecule has 1 N–H and O–H groups in total. The molecule has 0 spiro atoms. The number of fused-ring (bicyclic) bond motifs is 1. The summed E-state index contributed by atoms with van der Waals surface area (Å²) in [6.07, 6.45) is 2.96. The van der Waals surface area contributed by atoms with E-state index in [1.807, 2.05) is 0 Å². The van der Waals surface area contributed by atoms with Gasteiger partial charge < -0.3 is 5.32 Å². The summed E-state index contributed by atoms with van der Waals surface area (Å²) >= 11 is 2.17. The molecule has 0 amide bonds. The summed E-state index contributed by atoms with van der Waals surface area (Å²) in [5, 5.41) is 4.49. The van der Waals surface area contributed by atoms with E-state index in [0.29, 0.717) is 0 Å². The first-order valence-electron chi connectivity index (χ1n) is 3.79. The van der Waals surface area contributed by atoms with Gasteiger partial charge in [-0.1, -0.05) is 0 Å². The lowest BCUT2D eigenvalue weighted by Crippen LogP contribution is -2.34. The molecule has 0 bridgehead atoms. The summed E-state index contributed by atoms with van der Waals surface area (Å²) in [6.45, 7) is 2.52. The molecule has 2 unspecified atom stereocenters. The Hall–Kier alpha value is 0.310. The van der Waals surface area contributed by atoms with Crippen molar-refractivity contribution in [1.29, 1.82) is 0 Å². The van der Waals surface area contributed by atoms with E-state index in [-0.39, 0.29) is 0 Å². The lowest BCUT2D eigenvalue weighted by Gasteiger charge is -2.33. The molecule has 1 heterocycles. The van der Waals surface area contributed by atoms with Crippen LogP contribution in [0.2, 0.25) is 0 Å². The summed E-state index contributed by atoms with van der Waals surface area (Å²) in [6, 6.07) is 0. The second kappa shape index (κ2) is 2.51. The maximum atomic E-state index is 3.46. The van der Waals surface area contributed by atoms with Gasteiger partial charge in [0.05, 0.1) is 0 Å². The molecule has 1 saturated carbocycles. The highest BCUT2D eigenvalue weighted by Gasteiger charge is 2.31. The number of thioether (sulfide) groups is 1. The van der Waals surface area contributed by atoms with Gasteiger partial charge in [-0.15, -0.1) is 0 Å². The minimum absolute atomic E-state index is 1.03. The minimum Gasteiger partial charge on any atom is -0.316 e. The Labute approximate surface area is 60.6 Å². The predicted molar refractivity (Wildman–Crippen MR) is 41.8 cm³/mol. The van der Waals surface area contributed by atoms with Crippen molar-refractivity contribution in [3.8, 4) is 0 Å². The molecule has 2 fully saturated rings. The number of hydrogen-bond acceptors (Lipinski definition) is 2. The first kappa shape index (κ1) is 6.05. The van der Waals surface area contributed by atoms with Crippen molar-refractivity contribution < 1.29 is 0 Å². The lowest BCUT2D eigenvalue weighted by molar-refractivity contribution is 0.325. The molecule has 0 radical (unpaired) electrons. The SMILES string of the molecule is C1CSC2CCC2CN1. The van der Waals surface area contributed by atoms with Crippen molar-refractivity contribution in [1.82, 2.24) is 5.32 Å². The topological polar surface area (TPSA) is 12.0 Å².